The number of hydrogen-bond donors (Lipinski definition) is 3. The van der Waals surface area contributed by atoms with E-state index in [0.717, 1.165) is 4.68 Å². The van der Waals surface area contributed by atoms with Gasteiger partial charge in [-0.1, -0.05) is 12.8 Å². The minimum absolute atomic E-state index is 0. The van der Waals surface area contributed by atoms with Crippen molar-refractivity contribution in [2.24, 2.45) is 0 Å². The van der Waals surface area contributed by atoms with Crippen molar-refractivity contribution in [3.05, 3.63) is 36.3 Å². The Morgan fingerprint density at radius 1 is 1.21 bits per heavy atom. The number of aliphatic hydroxyl groups excluding tert-OH is 3. The Morgan fingerprint density at radius 3 is 2.39 bits per heavy atom. The molecule has 0 amide bonds. The normalized spacial score (nSPS) is 25.6. The van der Waals surface area contributed by atoms with Crippen LogP contribution in [0.1, 0.15) is 6.23 Å². The van der Waals surface area contributed by atoms with Crippen molar-refractivity contribution in [1.82, 2.24) is 15.0 Å². The summed E-state index contributed by atoms with van der Waals surface area (Å²) in [5.41, 5.74) is 0.879. The molecule has 1 aromatic heterocycles. The van der Waals surface area contributed by atoms with Crippen LogP contribution in [0.4, 0.5) is 4.39 Å². The molecular weight excluding hydrogens is 418 g/mol. The van der Waals surface area contributed by atoms with Gasteiger partial charge in [0.2, 0.25) is 0 Å². The van der Waals surface area contributed by atoms with Crippen molar-refractivity contribution < 1.29 is 97.9 Å². The second-order valence-corrected chi connectivity index (χ2v) is 7.51. The summed E-state index contributed by atoms with van der Waals surface area (Å²) in [6, 6.07) is 5.40. The van der Waals surface area contributed by atoms with Gasteiger partial charge >= 0.3 is 59.1 Å². The van der Waals surface area contributed by atoms with Crippen LogP contribution in [0.5, 0.6) is 0 Å². The molecule has 1 fully saturated rings. The van der Waals surface area contributed by atoms with Gasteiger partial charge in [-0.3, -0.25) is 0 Å². The Bertz CT molecular complexity index is 822. The molecule has 0 aliphatic carbocycles. The number of aliphatic hydroxyl groups is 3. The van der Waals surface area contributed by atoms with Crippen molar-refractivity contribution >= 4 is 7.60 Å². The van der Waals surface area contributed by atoms with Gasteiger partial charge in [0.15, 0.2) is 6.23 Å². The Labute approximate surface area is 203 Å². The summed E-state index contributed by atoms with van der Waals surface area (Å²) in [6.45, 7) is 0. The molecule has 0 bridgehead atoms. The van der Waals surface area contributed by atoms with Gasteiger partial charge in [-0.25, -0.2) is 9.07 Å². The number of ether oxygens (including phenoxy) is 1. The van der Waals surface area contributed by atoms with Gasteiger partial charge in [0.05, 0.1) is 12.3 Å². The molecule has 1 saturated heterocycles. The number of rotatable bonds is 5. The molecule has 1 aliphatic heterocycles. The molecule has 28 heavy (non-hydrogen) atoms. The summed E-state index contributed by atoms with van der Waals surface area (Å²) in [4.78, 5) is 21.6. The van der Waals surface area contributed by atoms with Gasteiger partial charge in [0.25, 0.3) is 0 Å². The summed E-state index contributed by atoms with van der Waals surface area (Å²) >= 11 is 0. The molecule has 3 rings (SSSR count). The van der Waals surface area contributed by atoms with E-state index in [1.807, 2.05) is 0 Å². The van der Waals surface area contributed by atoms with Crippen molar-refractivity contribution in [2.45, 2.75) is 30.6 Å². The molecule has 0 saturated carbocycles. The molecule has 2 aromatic rings. The van der Waals surface area contributed by atoms with Crippen LogP contribution in [0.15, 0.2) is 30.5 Å². The summed E-state index contributed by atoms with van der Waals surface area (Å²) in [5, 5.41) is 37.5. The SMILES string of the molecule is O=P([O-])([O-])C[C@@H](O)[C@H]1O[C@@H](n2cc(-c3ccc(F)cc3)nn2)[C@H](O)[C@@H]1O.[Na+].[Na+]. The maximum atomic E-state index is 13.0. The van der Waals surface area contributed by atoms with E-state index in [1.54, 1.807) is 0 Å². The predicted octanol–water partition coefficient (Wildman–Crippen LogP) is -8.01. The van der Waals surface area contributed by atoms with Crippen LogP contribution in [-0.2, 0) is 9.30 Å². The van der Waals surface area contributed by atoms with Gasteiger partial charge in [-0.05, 0) is 24.3 Å². The summed E-state index contributed by atoms with van der Waals surface area (Å²) in [5.74, 6) is -0.426. The molecule has 0 spiro atoms. The largest absolute Gasteiger partial charge is 1.00 e. The van der Waals surface area contributed by atoms with E-state index in [0.29, 0.717) is 11.3 Å². The molecule has 2 heterocycles. The van der Waals surface area contributed by atoms with E-state index >= 15 is 0 Å². The number of hydrogen-bond acceptors (Lipinski definition) is 9. The van der Waals surface area contributed by atoms with Crippen molar-refractivity contribution in [1.29, 1.82) is 0 Å². The second kappa shape index (κ2) is 10.5. The van der Waals surface area contributed by atoms with Crippen LogP contribution in [0.3, 0.4) is 0 Å². The minimum atomic E-state index is -5.04. The fraction of sp³-hybridized carbons (Fsp3) is 0.429. The zero-order valence-electron chi connectivity index (χ0n) is 15.1. The molecule has 1 aliphatic rings. The van der Waals surface area contributed by atoms with E-state index in [2.05, 4.69) is 10.3 Å². The van der Waals surface area contributed by atoms with Crippen LogP contribution in [-0.4, -0.2) is 60.9 Å². The zero-order chi connectivity index (χ0) is 19.1. The standard InChI is InChI=1S/C14H17FN3O7P.2Na/c15-8-3-1-7(2-4-8)9-5-18(17-16-9)14-12(21)11(20)13(25-14)10(19)6-26(22,23)24;;/h1-5,10-14,19-21H,6H2,(H2,22,23,24);;/q;2*+1/p-2/t10-,11+,12-,13-,14-;;/m1../s1. The van der Waals surface area contributed by atoms with Crippen LogP contribution >= 0.6 is 7.60 Å². The first kappa shape index (κ1) is 26.3. The van der Waals surface area contributed by atoms with E-state index in [-0.39, 0.29) is 59.1 Å². The predicted molar refractivity (Wildman–Crippen MR) is 79.8 cm³/mol. The molecule has 142 valence electrons. The Hall–Kier alpha value is 0.280. The maximum absolute atomic E-state index is 13.0. The quantitative estimate of drug-likeness (QED) is 0.307. The first-order chi connectivity index (χ1) is 12.2. The van der Waals surface area contributed by atoms with E-state index < -0.39 is 50.2 Å². The van der Waals surface area contributed by atoms with Gasteiger partial charge in [0.1, 0.15) is 29.8 Å². The van der Waals surface area contributed by atoms with Gasteiger partial charge in [-0.2, -0.15) is 0 Å². The molecule has 10 nitrogen and oxygen atoms in total. The van der Waals surface area contributed by atoms with E-state index in [1.165, 1.54) is 30.5 Å². The van der Waals surface area contributed by atoms with Crippen molar-refractivity contribution in [3.8, 4) is 11.3 Å². The Kier molecular flexibility index (Phi) is 9.91. The summed E-state index contributed by atoms with van der Waals surface area (Å²) in [7, 11) is -5.04. The number of halogens is 1. The summed E-state index contributed by atoms with van der Waals surface area (Å²) < 4.78 is 30.1. The third-order valence-corrected chi connectivity index (χ3v) is 4.80. The average Bonchev–Trinajstić information content (AvgIpc) is 3.13. The number of aromatic nitrogens is 3. The monoisotopic (exact) mass is 433 g/mol. The summed E-state index contributed by atoms with van der Waals surface area (Å²) in [6.07, 6.45) is -7.53. The Morgan fingerprint density at radius 2 is 1.82 bits per heavy atom. The van der Waals surface area contributed by atoms with Crippen LogP contribution < -0.4 is 68.9 Å². The molecule has 14 heteroatoms. The molecule has 0 unspecified atom stereocenters. The van der Waals surface area contributed by atoms with E-state index in [9.17, 15) is 34.1 Å². The average molecular weight is 433 g/mol. The number of nitrogens with zero attached hydrogens (tertiary/aromatic N) is 3. The van der Waals surface area contributed by atoms with Gasteiger partial charge < -0.3 is 34.4 Å². The first-order valence-electron chi connectivity index (χ1n) is 7.54. The molecule has 3 N–H and O–H groups in total. The molecule has 5 atom stereocenters. The minimum Gasteiger partial charge on any atom is -0.811 e. The zero-order valence-corrected chi connectivity index (χ0v) is 20.0. The molecule has 1 aromatic carbocycles. The maximum Gasteiger partial charge on any atom is 1.00 e. The third-order valence-electron chi connectivity index (χ3n) is 3.98. The molecule has 0 radical (unpaired) electrons. The first-order valence-corrected chi connectivity index (χ1v) is 9.27. The van der Waals surface area contributed by atoms with Crippen molar-refractivity contribution in [2.75, 3.05) is 6.16 Å². The molecular formula is C14H15FN3Na2O7P. The number of benzene rings is 1. The fourth-order valence-electron chi connectivity index (χ4n) is 2.71. The van der Waals surface area contributed by atoms with Crippen LogP contribution in [0, 0.1) is 5.82 Å². The van der Waals surface area contributed by atoms with Gasteiger partial charge in [0, 0.05) is 11.7 Å². The topological polar surface area (TPSA) is 164 Å². The van der Waals surface area contributed by atoms with Gasteiger partial charge in [-0.15, -0.1) is 5.10 Å². The fourth-order valence-corrected chi connectivity index (χ4v) is 3.38. The van der Waals surface area contributed by atoms with Crippen LogP contribution in [0.2, 0.25) is 0 Å². The third kappa shape index (κ3) is 6.14. The van der Waals surface area contributed by atoms with Crippen molar-refractivity contribution in [3.63, 3.8) is 0 Å². The smallest absolute Gasteiger partial charge is 0.811 e. The van der Waals surface area contributed by atoms with E-state index in [4.69, 9.17) is 4.74 Å². The second-order valence-electron chi connectivity index (χ2n) is 5.92. The van der Waals surface area contributed by atoms with Crippen LogP contribution in [0.25, 0.3) is 11.3 Å². The Balaban J connectivity index is 0.00000196.